The predicted octanol–water partition coefficient (Wildman–Crippen LogP) is 5.66. The van der Waals surface area contributed by atoms with E-state index in [9.17, 15) is 0 Å². The Balaban J connectivity index is 1.40. The maximum atomic E-state index is 8.91. The highest BCUT2D eigenvalue weighted by Crippen LogP contribution is 2.57. The van der Waals surface area contributed by atoms with E-state index in [0.717, 1.165) is 37.2 Å². The summed E-state index contributed by atoms with van der Waals surface area (Å²) in [6.45, 7) is 2.02. The highest BCUT2D eigenvalue weighted by Gasteiger charge is 2.54. The molecule has 1 atom stereocenters. The first-order valence-electron chi connectivity index (χ1n) is 8.24. The summed E-state index contributed by atoms with van der Waals surface area (Å²) >= 11 is 12.1. The molecule has 25 heavy (non-hydrogen) atoms. The van der Waals surface area contributed by atoms with E-state index in [1.807, 2.05) is 30.3 Å². The largest absolute Gasteiger partial charge is 0.370 e. The summed E-state index contributed by atoms with van der Waals surface area (Å²) < 4.78 is 0. The number of rotatable bonds is 4. The van der Waals surface area contributed by atoms with Gasteiger partial charge in [-0.15, -0.1) is 0 Å². The van der Waals surface area contributed by atoms with Crippen LogP contribution in [0.5, 0.6) is 0 Å². The van der Waals surface area contributed by atoms with Gasteiger partial charge in [-0.3, -0.25) is 4.98 Å². The Morgan fingerprint density at radius 1 is 1.24 bits per heavy atom. The van der Waals surface area contributed by atoms with Crippen molar-refractivity contribution >= 4 is 28.9 Å². The second kappa shape index (κ2) is 6.41. The van der Waals surface area contributed by atoms with E-state index in [1.54, 1.807) is 12.4 Å². The Morgan fingerprint density at radius 3 is 2.68 bits per heavy atom. The minimum absolute atomic E-state index is 0.122. The molecule has 0 unspecified atom stereocenters. The van der Waals surface area contributed by atoms with Crippen LogP contribution < -0.4 is 4.90 Å². The van der Waals surface area contributed by atoms with Gasteiger partial charge in [-0.05, 0) is 54.1 Å². The molecule has 128 valence electrons. The fourth-order valence-electron chi connectivity index (χ4n) is 4.20. The summed E-state index contributed by atoms with van der Waals surface area (Å²) in [5.74, 6) is 0.385. The molecule has 2 aromatic rings. The summed E-state index contributed by atoms with van der Waals surface area (Å²) in [4.78, 5) is 9.52. The van der Waals surface area contributed by atoms with Crippen molar-refractivity contribution < 1.29 is 0 Å². The van der Waals surface area contributed by atoms with E-state index in [-0.39, 0.29) is 6.04 Å². The van der Waals surface area contributed by atoms with Gasteiger partial charge in [0.25, 0.3) is 0 Å². The maximum Gasteiger partial charge on any atom is 0.0669 e. The van der Waals surface area contributed by atoms with Crippen LogP contribution in [0, 0.1) is 11.3 Å². The number of hydrogen-bond donors (Lipinski definition) is 0. The molecule has 4 rings (SSSR count). The highest BCUT2D eigenvalue weighted by atomic mass is 35.5. The molecule has 0 amide bonds. The summed E-state index contributed by atoms with van der Waals surface area (Å²) in [7, 11) is 0. The zero-order chi connectivity index (χ0) is 17.4. The molecule has 7 heteroatoms. The summed E-state index contributed by atoms with van der Waals surface area (Å²) in [5.41, 5.74) is 11.4. The third kappa shape index (κ3) is 3.04. The van der Waals surface area contributed by atoms with Gasteiger partial charge < -0.3 is 4.90 Å². The van der Waals surface area contributed by atoms with Gasteiger partial charge >= 0.3 is 0 Å². The molecule has 1 saturated carbocycles. The number of hydrogen-bond acceptors (Lipinski definition) is 3. The fourth-order valence-corrected chi connectivity index (χ4v) is 4.49. The van der Waals surface area contributed by atoms with Crippen LogP contribution in [0.4, 0.5) is 5.69 Å². The van der Waals surface area contributed by atoms with Crippen molar-refractivity contribution in [2.75, 3.05) is 18.0 Å². The van der Waals surface area contributed by atoms with Gasteiger partial charge in [0.2, 0.25) is 0 Å². The van der Waals surface area contributed by atoms with Crippen LogP contribution in [-0.2, 0) is 0 Å². The minimum Gasteiger partial charge on any atom is -0.370 e. The Labute approximate surface area is 156 Å². The molecule has 1 aliphatic carbocycles. The fraction of sp³-hybridized carbons (Fsp3) is 0.389. The molecule has 1 aromatic heterocycles. The summed E-state index contributed by atoms with van der Waals surface area (Å²) in [6.07, 6.45) is 5.68. The van der Waals surface area contributed by atoms with Crippen molar-refractivity contribution in [1.82, 2.24) is 4.98 Å². The molecule has 2 heterocycles. The van der Waals surface area contributed by atoms with Gasteiger partial charge in [-0.25, -0.2) is 0 Å². The molecule has 2 aliphatic rings. The first kappa shape index (κ1) is 16.5. The summed E-state index contributed by atoms with van der Waals surface area (Å²) in [6, 6.07) is 9.52. The van der Waals surface area contributed by atoms with Crippen molar-refractivity contribution in [3.05, 3.63) is 68.8 Å². The standard InChI is InChI=1S/C18H17Cl2N5/c19-15-4-3-14(6-16(15)20)25-10-18(11-25)7-13(8-18)17(23-24-21)12-2-1-5-22-9-12/h1-6,9,13,17H,7-8,10-11H2/t17-/m0/s1. The van der Waals surface area contributed by atoms with Crippen molar-refractivity contribution in [3.63, 3.8) is 0 Å². The Morgan fingerprint density at radius 2 is 2.04 bits per heavy atom. The van der Waals surface area contributed by atoms with Crippen molar-refractivity contribution in [2.45, 2.75) is 18.9 Å². The molecule has 5 nitrogen and oxygen atoms in total. The lowest BCUT2D eigenvalue weighted by Crippen LogP contribution is -2.63. The highest BCUT2D eigenvalue weighted by molar-refractivity contribution is 6.42. The average molecular weight is 374 g/mol. The smallest absolute Gasteiger partial charge is 0.0669 e. The molecule has 1 saturated heterocycles. The zero-order valence-corrected chi connectivity index (χ0v) is 15.0. The Hall–Kier alpha value is -1.94. The maximum absolute atomic E-state index is 8.91. The summed E-state index contributed by atoms with van der Waals surface area (Å²) in [5, 5.41) is 5.20. The topological polar surface area (TPSA) is 64.9 Å². The lowest BCUT2D eigenvalue weighted by atomic mass is 9.55. The first-order chi connectivity index (χ1) is 12.1. The second-order valence-electron chi connectivity index (χ2n) is 7.06. The number of aromatic nitrogens is 1. The van der Waals surface area contributed by atoms with Crippen LogP contribution in [0.25, 0.3) is 10.4 Å². The Bertz CT molecular complexity index is 821. The van der Waals surface area contributed by atoms with Crippen LogP contribution in [0.15, 0.2) is 47.8 Å². The number of anilines is 1. The van der Waals surface area contributed by atoms with E-state index < -0.39 is 0 Å². The van der Waals surface area contributed by atoms with Gasteiger partial charge in [-0.2, -0.15) is 0 Å². The first-order valence-corrected chi connectivity index (χ1v) is 9.00. The lowest BCUT2D eigenvalue weighted by Gasteiger charge is -2.61. The number of benzene rings is 1. The van der Waals surface area contributed by atoms with Crippen LogP contribution >= 0.6 is 23.2 Å². The van der Waals surface area contributed by atoms with Gasteiger partial charge in [0.05, 0.1) is 16.1 Å². The Kier molecular flexibility index (Phi) is 4.24. The average Bonchev–Trinajstić information content (AvgIpc) is 2.55. The van der Waals surface area contributed by atoms with E-state index in [1.165, 1.54) is 0 Å². The van der Waals surface area contributed by atoms with E-state index >= 15 is 0 Å². The van der Waals surface area contributed by atoms with Gasteiger partial charge in [0.1, 0.15) is 0 Å². The second-order valence-corrected chi connectivity index (χ2v) is 7.87. The van der Waals surface area contributed by atoms with Crippen molar-refractivity contribution in [1.29, 1.82) is 0 Å². The molecule has 2 fully saturated rings. The number of nitrogens with zero attached hydrogens (tertiary/aromatic N) is 5. The normalized spacial score (nSPS) is 19.7. The quantitative estimate of drug-likeness (QED) is 0.394. The van der Waals surface area contributed by atoms with Crippen LogP contribution in [-0.4, -0.2) is 18.1 Å². The molecule has 1 aliphatic heterocycles. The van der Waals surface area contributed by atoms with Crippen LogP contribution in [0.2, 0.25) is 10.0 Å². The third-order valence-electron chi connectivity index (χ3n) is 5.36. The van der Waals surface area contributed by atoms with E-state index in [0.29, 0.717) is 21.4 Å². The zero-order valence-electron chi connectivity index (χ0n) is 13.5. The molecular formula is C18H17Cl2N5. The van der Waals surface area contributed by atoms with Gasteiger partial charge in [0, 0.05) is 41.5 Å². The minimum atomic E-state index is -0.122. The molecule has 1 aromatic carbocycles. The van der Waals surface area contributed by atoms with E-state index in [2.05, 4.69) is 19.9 Å². The van der Waals surface area contributed by atoms with Crippen molar-refractivity contribution in [2.24, 2.45) is 16.4 Å². The van der Waals surface area contributed by atoms with E-state index in [4.69, 9.17) is 28.7 Å². The lowest BCUT2D eigenvalue weighted by molar-refractivity contribution is 0.00969. The van der Waals surface area contributed by atoms with Crippen LogP contribution in [0.1, 0.15) is 24.4 Å². The SMILES string of the molecule is [N-]=[N+]=N[C@@H](c1cccnc1)C1CC2(C1)CN(c1ccc(Cl)c(Cl)c1)C2. The van der Waals surface area contributed by atoms with Gasteiger partial charge in [-0.1, -0.05) is 34.4 Å². The molecule has 1 spiro atoms. The number of halogens is 2. The van der Waals surface area contributed by atoms with Gasteiger partial charge in [0.15, 0.2) is 0 Å². The monoisotopic (exact) mass is 373 g/mol. The number of pyridine rings is 1. The molecular weight excluding hydrogens is 357 g/mol. The predicted molar refractivity (Wildman–Crippen MR) is 100.0 cm³/mol. The van der Waals surface area contributed by atoms with Crippen molar-refractivity contribution in [3.8, 4) is 0 Å². The third-order valence-corrected chi connectivity index (χ3v) is 6.10. The molecule has 0 N–H and O–H groups in total. The number of azide groups is 1. The molecule has 0 radical (unpaired) electrons. The van der Waals surface area contributed by atoms with Crippen LogP contribution in [0.3, 0.4) is 0 Å². The molecule has 0 bridgehead atoms.